The van der Waals surface area contributed by atoms with E-state index in [1.165, 1.54) is 6.07 Å². The van der Waals surface area contributed by atoms with Crippen molar-refractivity contribution < 1.29 is 18.0 Å². The summed E-state index contributed by atoms with van der Waals surface area (Å²) in [5.74, 6) is 6.41. The SMILES string of the molecule is CN1CCN(Cc2ccc(NC(=O)c3ccc(C4CC4)c(C#Cc4cncc5ccccc45)c3)cc2C(F)(F)F)CC1. The van der Waals surface area contributed by atoms with Gasteiger partial charge < -0.3 is 10.2 Å². The second-order valence-corrected chi connectivity index (χ2v) is 11.1. The van der Waals surface area contributed by atoms with Crippen LogP contribution in [0.4, 0.5) is 18.9 Å². The van der Waals surface area contributed by atoms with Gasteiger partial charge >= 0.3 is 6.18 Å². The first-order chi connectivity index (χ1) is 20.2. The molecule has 214 valence electrons. The van der Waals surface area contributed by atoms with E-state index in [2.05, 4.69) is 27.0 Å². The maximum atomic E-state index is 14.0. The molecule has 2 aliphatic rings. The van der Waals surface area contributed by atoms with Crippen LogP contribution in [0.3, 0.4) is 0 Å². The Kier molecular flexibility index (Phi) is 7.72. The number of fused-ring (bicyclic) bond motifs is 1. The van der Waals surface area contributed by atoms with Crippen LogP contribution < -0.4 is 5.32 Å². The lowest BCUT2D eigenvalue weighted by Gasteiger charge is -2.33. The minimum Gasteiger partial charge on any atom is -0.322 e. The zero-order valence-electron chi connectivity index (χ0n) is 23.3. The third-order valence-corrected chi connectivity index (χ3v) is 8.00. The first-order valence-electron chi connectivity index (χ1n) is 14.2. The second kappa shape index (κ2) is 11.6. The van der Waals surface area contributed by atoms with Gasteiger partial charge in [-0.2, -0.15) is 13.2 Å². The molecule has 0 atom stereocenters. The van der Waals surface area contributed by atoms with Gasteiger partial charge in [0.15, 0.2) is 0 Å². The van der Waals surface area contributed by atoms with E-state index in [1.807, 2.05) is 42.3 Å². The molecule has 1 saturated carbocycles. The van der Waals surface area contributed by atoms with E-state index in [0.717, 1.165) is 59.5 Å². The van der Waals surface area contributed by atoms with Crippen LogP contribution in [0.25, 0.3) is 10.8 Å². The van der Waals surface area contributed by atoms with Crippen molar-refractivity contribution in [1.82, 2.24) is 14.8 Å². The van der Waals surface area contributed by atoms with Crippen LogP contribution in [0, 0.1) is 11.8 Å². The fourth-order valence-electron chi connectivity index (χ4n) is 5.41. The van der Waals surface area contributed by atoms with Crippen LogP contribution in [-0.2, 0) is 12.7 Å². The predicted octanol–water partition coefficient (Wildman–Crippen LogP) is 6.53. The molecule has 0 unspecified atom stereocenters. The van der Waals surface area contributed by atoms with Crippen LogP contribution in [-0.4, -0.2) is 53.9 Å². The highest BCUT2D eigenvalue weighted by Gasteiger charge is 2.34. The molecular weight excluding hydrogens is 537 g/mol. The lowest BCUT2D eigenvalue weighted by Crippen LogP contribution is -2.44. The number of amides is 1. The molecule has 42 heavy (non-hydrogen) atoms. The molecule has 1 N–H and O–H groups in total. The molecule has 0 bridgehead atoms. The average Bonchev–Trinajstić information content (AvgIpc) is 3.83. The Bertz CT molecular complexity index is 1690. The fourth-order valence-corrected chi connectivity index (χ4v) is 5.41. The van der Waals surface area contributed by atoms with Gasteiger partial charge in [0.1, 0.15) is 0 Å². The van der Waals surface area contributed by atoms with E-state index in [9.17, 15) is 18.0 Å². The molecule has 8 heteroatoms. The van der Waals surface area contributed by atoms with Gasteiger partial charge in [-0.3, -0.25) is 14.7 Å². The van der Waals surface area contributed by atoms with Gasteiger partial charge in [-0.15, -0.1) is 0 Å². The van der Waals surface area contributed by atoms with Crippen LogP contribution in [0.2, 0.25) is 0 Å². The molecule has 0 radical (unpaired) electrons. The number of piperazine rings is 1. The number of nitrogens with one attached hydrogen (secondary N) is 1. The van der Waals surface area contributed by atoms with E-state index in [4.69, 9.17) is 0 Å². The Hall–Kier alpha value is -4.19. The molecule has 1 aliphatic heterocycles. The number of alkyl halides is 3. The number of rotatable bonds is 5. The zero-order chi connectivity index (χ0) is 29.3. The van der Waals surface area contributed by atoms with Gasteiger partial charge in [0.2, 0.25) is 0 Å². The Morgan fingerprint density at radius 3 is 2.48 bits per heavy atom. The summed E-state index contributed by atoms with van der Waals surface area (Å²) < 4.78 is 42.1. The van der Waals surface area contributed by atoms with Crippen molar-refractivity contribution in [1.29, 1.82) is 0 Å². The Morgan fingerprint density at radius 2 is 1.71 bits per heavy atom. The number of nitrogens with zero attached hydrogens (tertiary/aromatic N) is 3. The highest BCUT2D eigenvalue weighted by atomic mass is 19.4. The molecule has 0 spiro atoms. The standard InChI is InChI=1S/C34H31F3N4O/c1-40-14-16-41(17-15-40)22-28-10-12-29(19-32(28)34(35,36)37)39-33(42)25-11-13-31(23-6-7-23)24(18-25)8-9-27-21-38-20-26-4-2-3-5-30(26)27/h2-5,10-13,18-21,23H,6-7,14-17,22H2,1H3,(H,39,42). The topological polar surface area (TPSA) is 48.5 Å². The number of carbonyl (C=O) groups excluding carboxylic acids is 1. The number of pyridine rings is 1. The van der Waals surface area contributed by atoms with Crippen molar-refractivity contribution in [3.8, 4) is 11.8 Å². The minimum atomic E-state index is -4.53. The Morgan fingerprint density at radius 1 is 0.952 bits per heavy atom. The van der Waals surface area contributed by atoms with E-state index < -0.39 is 17.6 Å². The summed E-state index contributed by atoms with van der Waals surface area (Å²) >= 11 is 0. The van der Waals surface area contributed by atoms with E-state index in [0.29, 0.717) is 24.6 Å². The molecule has 5 nitrogen and oxygen atoms in total. The molecule has 2 fully saturated rings. The molecule has 1 amide bonds. The maximum Gasteiger partial charge on any atom is 0.416 e. The first-order valence-corrected chi connectivity index (χ1v) is 14.2. The normalized spacial score (nSPS) is 16.2. The van der Waals surface area contributed by atoms with Gasteiger partial charge in [0.05, 0.1) is 11.1 Å². The summed E-state index contributed by atoms with van der Waals surface area (Å²) in [6.45, 7) is 3.28. The Labute approximate surface area is 243 Å². The van der Waals surface area contributed by atoms with Crippen molar-refractivity contribution in [2.45, 2.75) is 31.5 Å². The number of anilines is 1. The zero-order valence-corrected chi connectivity index (χ0v) is 23.3. The first kappa shape index (κ1) is 28.0. The molecule has 4 aromatic rings. The Balaban J connectivity index is 1.25. The number of halogens is 3. The fraction of sp³-hybridized carbons (Fsp3) is 0.294. The van der Waals surface area contributed by atoms with Crippen molar-refractivity contribution in [3.05, 3.63) is 106 Å². The number of benzene rings is 3. The van der Waals surface area contributed by atoms with Gasteiger partial charge in [-0.1, -0.05) is 48.2 Å². The van der Waals surface area contributed by atoms with Gasteiger partial charge in [-0.05, 0) is 61.2 Å². The number of hydrogen-bond donors (Lipinski definition) is 1. The molecule has 1 aliphatic carbocycles. The van der Waals surface area contributed by atoms with Crippen molar-refractivity contribution >= 4 is 22.4 Å². The summed E-state index contributed by atoms with van der Waals surface area (Å²) in [6, 6.07) is 17.3. The molecular formula is C34H31F3N4O. The summed E-state index contributed by atoms with van der Waals surface area (Å²) in [5.41, 5.74) is 2.56. The lowest BCUT2D eigenvalue weighted by atomic mass is 9.99. The van der Waals surface area contributed by atoms with E-state index in [1.54, 1.807) is 30.6 Å². The highest BCUT2D eigenvalue weighted by Crippen LogP contribution is 2.42. The highest BCUT2D eigenvalue weighted by molar-refractivity contribution is 6.04. The lowest BCUT2D eigenvalue weighted by molar-refractivity contribution is -0.138. The van der Waals surface area contributed by atoms with Gasteiger partial charge in [0.25, 0.3) is 5.91 Å². The van der Waals surface area contributed by atoms with E-state index >= 15 is 0 Å². The van der Waals surface area contributed by atoms with Crippen molar-refractivity contribution in [3.63, 3.8) is 0 Å². The third kappa shape index (κ3) is 6.33. The summed E-state index contributed by atoms with van der Waals surface area (Å²) in [7, 11) is 2.01. The van der Waals surface area contributed by atoms with Crippen LogP contribution in [0.5, 0.6) is 0 Å². The predicted molar refractivity (Wildman–Crippen MR) is 158 cm³/mol. The molecule has 2 heterocycles. The maximum absolute atomic E-state index is 14.0. The molecule has 6 rings (SSSR count). The quantitative estimate of drug-likeness (QED) is 0.278. The van der Waals surface area contributed by atoms with Crippen LogP contribution in [0.15, 0.2) is 73.1 Å². The second-order valence-electron chi connectivity index (χ2n) is 11.1. The van der Waals surface area contributed by atoms with Crippen LogP contribution >= 0.6 is 0 Å². The van der Waals surface area contributed by atoms with Crippen molar-refractivity contribution in [2.75, 3.05) is 38.5 Å². The molecule has 1 saturated heterocycles. The smallest absolute Gasteiger partial charge is 0.322 e. The molecule has 1 aromatic heterocycles. The average molecular weight is 569 g/mol. The number of aromatic nitrogens is 1. The number of likely N-dealkylation sites (N-methyl/N-ethyl adjacent to an activating group) is 1. The largest absolute Gasteiger partial charge is 0.416 e. The number of hydrogen-bond acceptors (Lipinski definition) is 4. The number of carbonyl (C=O) groups is 1. The monoisotopic (exact) mass is 568 g/mol. The summed E-state index contributed by atoms with van der Waals surface area (Å²) in [5, 5.41) is 4.67. The summed E-state index contributed by atoms with van der Waals surface area (Å²) in [6.07, 6.45) is 1.12. The third-order valence-electron chi connectivity index (χ3n) is 8.00. The van der Waals surface area contributed by atoms with Gasteiger partial charge in [-0.25, -0.2) is 0 Å². The van der Waals surface area contributed by atoms with E-state index in [-0.39, 0.29) is 17.8 Å². The van der Waals surface area contributed by atoms with Crippen molar-refractivity contribution in [2.24, 2.45) is 0 Å². The molecule has 3 aromatic carbocycles. The van der Waals surface area contributed by atoms with Crippen LogP contribution in [0.1, 0.15) is 56.9 Å². The minimum absolute atomic E-state index is 0.107. The van der Waals surface area contributed by atoms with Gasteiger partial charge in [0, 0.05) is 72.7 Å². The summed E-state index contributed by atoms with van der Waals surface area (Å²) in [4.78, 5) is 21.7.